The Bertz CT molecular complexity index is 440. The van der Waals surface area contributed by atoms with E-state index < -0.39 is 0 Å². The predicted molar refractivity (Wildman–Crippen MR) is 95.3 cm³/mol. The van der Waals surface area contributed by atoms with Gasteiger partial charge in [0.2, 0.25) is 0 Å². The van der Waals surface area contributed by atoms with E-state index in [1.165, 1.54) is 25.7 Å². The maximum absolute atomic E-state index is 11.9. The molecular weight excluding hydrogens is 286 g/mol. The molecule has 1 saturated heterocycles. The number of hydrogen-bond acceptors (Lipinski definition) is 3. The normalized spacial score (nSPS) is 31.6. The number of esters is 1. The molecule has 0 aromatic heterocycles. The number of carbonyl (C=O) groups excluding carboxylic acids is 1. The van der Waals surface area contributed by atoms with Gasteiger partial charge >= 0.3 is 5.97 Å². The maximum Gasteiger partial charge on any atom is 0.333 e. The van der Waals surface area contributed by atoms with E-state index in [4.69, 9.17) is 4.74 Å². The molecule has 0 aromatic rings. The van der Waals surface area contributed by atoms with Gasteiger partial charge in [-0.2, -0.15) is 0 Å². The Morgan fingerprint density at radius 3 is 1.96 bits per heavy atom. The van der Waals surface area contributed by atoms with E-state index in [1.54, 1.807) is 6.92 Å². The summed E-state index contributed by atoms with van der Waals surface area (Å²) in [5.41, 5.74) is 0.587. The van der Waals surface area contributed by atoms with Crippen molar-refractivity contribution in [1.29, 1.82) is 0 Å². The molecule has 0 spiro atoms. The lowest BCUT2D eigenvalue weighted by Gasteiger charge is -2.59. The quantitative estimate of drug-likeness (QED) is 0.557. The molecule has 0 unspecified atom stereocenters. The molecule has 0 radical (unpaired) electrons. The molecule has 0 atom stereocenters. The Labute approximate surface area is 142 Å². The fourth-order valence-corrected chi connectivity index (χ4v) is 5.03. The van der Waals surface area contributed by atoms with Crippen LogP contribution in [0.2, 0.25) is 0 Å². The van der Waals surface area contributed by atoms with E-state index in [9.17, 15) is 4.79 Å². The topological polar surface area (TPSA) is 29.5 Å². The van der Waals surface area contributed by atoms with Gasteiger partial charge in [-0.1, -0.05) is 13.5 Å². The standard InChI is InChI=1S/C20H35NO2/c1-14(2)18(22)23-17-12-19(4,5)21(20(6,7)13-17)16-10-8-15(3)9-11-16/h15-17H,1,8-13H2,2-7H3. The zero-order chi connectivity index (χ0) is 17.4. The highest BCUT2D eigenvalue weighted by molar-refractivity contribution is 5.87. The summed E-state index contributed by atoms with van der Waals surface area (Å²) in [5, 5.41) is 0. The number of piperidine rings is 1. The maximum atomic E-state index is 11.9. The van der Waals surface area contributed by atoms with Crippen molar-refractivity contribution in [2.75, 3.05) is 0 Å². The second-order valence-electron chi connectivity index (χ2n) is 9.12. The number of nitrogens with zero attached hydrogens (tertiary/aromatic N) is 1. The van der Waals surface area contributed by atoms with Gasteiger partial charge in [0.05, 0.1) is 0 Å². The zero-order valence-electron chi connectivity index (χ0n) is 15.9. The molecule has 2 aliphatic rings. The number of rotatable bonds is 3. The minimum absolute atomic E-state index is 0.0111. The molecule has 1 saturated carbocycles. The van der Waals surface area contributed by atoms with Crippen molar-refractivity contribution in [3.05, 3.63) is 12.2 Å². The highest BCUT2D eigenvalue weighted by atomic mass is 16.5. The molecule has 0 amide bonds. The van der Waals surface area contributed by atoms with Crippen molar-refractivity contribution in [1.82, 2.24) is 4.90 Å². The molecule has 1 aliphatic heterocycles. The summed E-state index contributed by atoms with van der Waals surface area (Å²) in [4.78, 5) is 14.7. The third kappa shape index (κ3) is 4.17. The molecule has 132 valence electrons. The molecule has 23 heavy (non-hydrogen) atoms. The zero-order valence-corrected chi connectivity index (χ0v) is 15.9. The minimum Gasteiger partial charge on any atom is -0.459 e. The van der Waals surface area contributed by atoms with Crippen molar-refractivity contribution in [3.8, 4) is 0 Å². The van der Waals surface area contributed by atoms with Gasteiger partial charge in [0.1, 0.15) is 6.10 Å². The van der Waals surface area contributed by atoms with Crippen LogP contribution in [0.3, 0.4) is 0 Å². The first-order valence-electron chi connectivity index (χ1n) is 9.19. The fraction of sp³-hybridized carbons (Fsp3) is 0.850. The molecule has 0 bridgehead atoms. The number of likely N-dealkylation sites (tertiary alicyclic amines) is 1. The summed E-state index contributed by atoms with van der Waals surface area (Å²) in [6.45, 7) is 17.0. The van der Waals surface area contributed by atoms with E-state index in [-0.39, 0.29) is 23.2 Å². The molecule has 2 fully saturated rings. The highest BCUT2D eigenvalue weighted by Gasteiger charge is 2.49. The van der Waals surface area contributed by atoms with Gasteiger partial charge in [-0.25, -0.2) is 4.79 Å². The number of hydrogen-bond donors (Lipinski definition) is 0. The lowest BCUT2D eigenvalue weighted by molar-refractivity contribution is -0.160. The summed E-state index contributed by atoms with van der Waals surface area (Å²) >= 11 is 0. The SMILES string of the molecule is C=C(C)C(=O)OC1CC(C)(C)N(C2CCC(C)CC2)C(C)(C)C1. The first kappa shape index (κ1) is 18.5. The van der Waals surface area contributed by atoms with E-state index in [1.807, 2.05) is 0 Å². The van der Waals surface area contributed by atoms with Crippen molar-refractivity contribution in [2.24, 2.45) is 5.92 Å². The van der Waals surface area contributed by atoms with Crippen LogP contribution in [0.5, 0.6) is 0 Å². The van der Waals surface area contributed by atoms with Crippen molar-refractivity contribution < 1.29 is 9.53 Å². The van der Waals surface area contributed by atoms with Crippen molar-refractivity contribution in [2.45, 2.75) is 103 Å². The fourth-order valence-electron chi connectivity index (χ4n) is 5.03. The van der Waals surface area contributed by atoms with Crippen LogP contribution in [-0.2, 0) is 9.53 Å². The largest absolute Gasteiger partial charge is 0.459 e. The Morgan fingerprint density at radius 1 is 1.04 bits per heavy atom. The lowest BCUT2D eigenvalue weighted by atomic mass is 9.74. The molecule has 0 aromatic carbocycles. The molecule has 1 heterocycles. The Kier molecular flexibility index (Phi) is 5.30. The summed E-state index contributed by atoms with van der Waals surface area (Å²) < 4.78 is 5.71. The average Bonchev–Trinajstić information content (AvgIpc) is 2.38. The first-order valence-corrected chi connectivity index (χ1v) is 9.19. The Balaban J connectivity index is 2.13. The van der Waals surface area contributed by atoms with Crippen LogP contribution >= 0.6 is 0 Å². The Morgan fingerprint density at radius 2 is 1.52 bits per heavy atom. The molecule has 0 N–H and O–H groups in total. The van der Waals surface area contributed by atoms with Crippen LogP contribution in [0.4, 0.5) is 0 Å². The second-order valence-corrected chi connectivity index (χ2v) is 9.12. The van der Waals surface area contributed by atoms with Crippen LogP contribution in [0.25, 0.3) is 0 Å². The van der Waals surface area contributed by atoms with Crippen molar-refractivity contribution >= 4 is 5.97 Å². The Hall–Kier alpha value is -0.830. The van der Waals surface area contributed by atoms with Crippen molar-refractivity contribution in [3.63, 3.8) is 0 Å². The summed E-state index contributed by atoms with van der Waals surface area (Å²) in [6, 6.07) is 0.661. The van der Waals surface area contributed by atoms with Crippen LogP contribution < -0.4 is 0 Å². The monoisotopic (exact) mass is 321 g/mol. The van der Waals surface area contributed by atoms with E-state index in [0.717, 1.165) is 18.8 Å². The molecule has 3 nitrogen and oxygen atoms in total. The summed E-state index contributed by atoms with van der Waals surface area (Å²) in [5.74, 6) is 0.619. The predicted octanol–water partition coefficient (Wildman–Crippen LogP) is 4.71. The van der Waals surface area contributed by atoms with Gasteiger partial charge in [0, 0.05) is 35.5 Å². The molecular formula is C20H35NO2. The van der Waals surface area contributed by atoms with Crippen LogP contribution in [0.1, 0.15) is 80.1 Å². The number of ether oxygens (including phenoxy) is 1. The summed E-state index contributed by atoms with van der Waals surface area (Å²) in [7, 11) is 0. The lowest BCUT2D eigenvalue weighted by Crippen LogP contribution is -2.65. The summed E-state index contributed by atoms with van der Waals surface area (Å²) in [6.07, 6.45) is 7.06. The molecule has 2 rings (SSSR count). The van der Waals surface area contributed by atoms with Gasteiger partial charge < -0.3 is 4.74 Å². The third-order valence-corrected chi connectivity index (χ3v) is 5.73. The van der Waals surface area contributed by atoms with Crippen LogP contribution in [0, 0.1) is 5.92 Å². The minimum atomic E-state index is -0.249. The second kappa shape index (κ2) is 6.58. The molecule has 3 heteroatoms. The van der Waals surface area contributed by atoms with Gasteiger partial charge in [0.25, 0.3) is 0 Å². The van der Waals surface area contributed by atoms with Gasteiger partial charge in [-0.15, -0.1) is 0 Å². The van der Waals surface area contributed by atoms with E-state index in [2.05, 4.69) is 46.1 Å². The average molecular weight is 322 g/mol. The van der Waals surface area contributed by atoms with Crippen LogP contribution in [0.15, 0.2) is 12.2 Å². The van der Waals surface area contributed by atoms with E-state index in [0.29, 0.717) is 11.6 Å². The number of carbonyl (C=O) groups is 1. The smallest absolute Gasteiger partial charge is 0.333 e. The van der Waals surface area contributed by atoms with Crippen LogP contribution in [-0.4, -0.2) is 34.1 Å². The van der Waals surface area contributed by atoms with Gasteiger partial charge in [-0.05, 0) is 66.2 Å². The van der Waals surface area contributed by atoms with Gasteiger partial charge in [0.15, 0.2) is 0 Å². The first-order chi connectivity index (χ1) is 10.5. The van der Waals surface area contributed by atoms with Gasteiger partial charge in [-0.3, -0.25) is 4.90 Å². The molecule has 1 aliphatic carbocycles. The third-order valence-electron chi connectivity index (χ3n) is 5.73. The highest BCUT2D eigenvalue weighted by Crippen LogP contribution is 2.44. The van der Waals surface area contributed by atoms with E-state index >= 15 is 0 Å².